The number of aromatic carboxylic acids is 1. The van der Waals surface area contributed by atoms with Crippen molar-refractivity contribution in [2.75, 3.05) is 0 Å². The molecule has 0 radical (unpaired) electrons. The third-order valence-corrected chi connectivity index (χ3v) is 4.62. The number of carbonyl (C=O) groups excluding carboxylic acids is 1. The molecule has 1 aliphatic rings. The predicted molar refractivity (Wildman–Crippen MR) is 106 cm³/mol. The average Bonchev–Trinajstić information content (AvgIpc) is 3.29. The molecule has 0 bridgehead atoms. The zero-order chi connectivity index (χ0) is 20.4. The molecular formula is C22H18N2O5. The molecule has 2 aromatic carbocycles. The SMILES string of the molecule is O=C(O)c1ccc(-c2ccc(/C=C3\NC(=O)N(Cc4ccccc4)C3O)o2)cc1. The Morgan fingerprint density at radius 1 is 1.07 bits per heavy atom. The number of carboxylic acid groups (broad SMARTS) is 1. The van der Waals surface area contributed by atoms with Gasteiger partial charge in [0, 0.05) is 11.6 Å². The number of carbonyl (C=O) groups is 2. The molecule has 0 aliphatic carbocycles. The second-order valence-corrected chi connectivity index (χ2v) is 6.60. The van der Waals surface area contributed by atoms with Gasteiger partial charge in [-0.05, 0) is 29.8 Å². The van der Waals surface area contributed by atoms with Gasteiger partial charge in [-0.1, -0.05) is 42.5 Å². The van der Waals surface area contributed by atoms with Crippen molar-refractivity contribution in [2.24, 2.45) is 0 Å². The molecule has 1 saturated heterocycles. The maximum Gasteiger partial charge on any atom is 0.335 e. The first-order valence-corrected chi connectivity index (χ1v) is 8.96. The third kappa shape index (κ3) is 3.90. The van der Waals surface area contributed by atoms with E-state index in [1.54, 1.807) is 30.3 Å². The molecule has 7 nitrogen and oxygen atoms in total. The Balaban J connectivity index is 1.51. The Bertz CT molecular complexity index is 1070. The standard InChI is InChI=1S/C22H18N2O5/c25-20-18(23-22(28)24(20)13-14-4-2-1-3-5-14)12-17-10-11-19(29-17)15-6-8-16(9-7-15)21(26)27/h1-12,20,25H,13H2,(H,23,28)(H,26,27)/b18-12-. The summed E-state index contributed by atoms with van der Waals surface area (Å²) >= 11 is 0. The molecule has 1 aliphatic heterocycles. The van der Waals surface area contributed by atoms with Gasteiger partial charge in [0.05, 0.1) is 17.8 Å². The normalized spacial score (nSPS) is 17.6. The van der Waals surface area contributed by atoms with E-state index in [2.05, 4.69) is 5.32 Å². The Morgan fingerprint density at radius 3 is 2.48 bits per heavy atom. The van der Waals surface area contributed by atoms with Crippen molar-refractivity contribution < 1.29 is 24.2 Å². The van der Waals surface area contributed by atoms with Crippen molar-refractivity contribution in [3.8, 4) is 11.3 Å². The van der Waals surface area contributed by atoms with Gasteiger partial charge in [0.1, 0.15) is 11.5 Å². The largest absolute Gasteiger partial charge is 0.478 e. The highest BCUT2D eigenvalue weighted by atomic mass is 16.4. The third-order valence-electron chi connectivity index (χ3n) is 4.62. The minimum absolute atomic E-state index is 0.193. The zero-order valence-electron chi connectivity index (χ0n) is 15.3. The summed E-state index contributed by atoms with van der Waals surface area (Å²) < 4.78 is 5.76. The monoisotopic (exact) mass is 390 g/mol. The van der Waals surface area contributed by atoms with E-state index in [1.807, 2.05) is 30.3 Å². The first kappa shape index (κ1) is 18.5. The fourth-order valence-electron chi connectivity index (χ4n) is 3.10. The second kappa shape index (κ2) is 7.65. The van der Waals surface area contributed by atoms with Gasteiger partial charge in [-0.2, -0.15) is 0 Å². The number of rotatable bonds is 5. The number of amides is 2. The molecule has 1 aromatic heterocycles. The molecule has 1 unspecified atom stereocenters. The molecule has 0 saturated carbocycles. The van der Waals surface area contributed by atoms with E-state index in [0.717, 1.165) is 11.1 Å². The molecule has 146 valence electrons. The lowest BCUT2D eigenvalue weighted by molar-refractivity contribution is 0.0696. The van der Waals surface area contributed by atoms with E-state index in [0.29, 0.717) is 17.2 Å². The Morgan fingerprint density at radius 2 is 1.79 bits per heavy atom. The fraction of sp³-hybridized carbons (Fsp3) is 0.0909. The number of nitrogens with zero attached hydrogens (tertiary/aromatic N) is 1. The molecule has 2 amide bonds. The van der Waals surface area contributed by atoms with Crippen LogP contribution in [0.4, 0.5) is 4.79 Å². The van der Waals surface area contributed by atoms with Crippen molar-refractivity contribution in [2.45, 2.75) is 12.8 Å². The fourth-order valence-corrected chi connectivity index (χ4v) is 3.10. The van der Waals surface area contributed by atoms with Crippen LogP contribution in [0.5, 0.6) is 0 Å². The van der Waals surface area contributed by atoms with Crippen LogP contribution in [0.1, 0.15) is 21.7 Å². The Kier molecular flexibility index (Phi) is 4.88. The molecule has 29 heavy (non-hydrogen) atoms. The smallest absolute Gasteiger partial charge is 0.335 e. The molecule has 2 heterocycles. The second-order valence-electron chi connectivity index (χ2n) is 6.60. The highest BCUT2D eigenvalue weighted by Crippen LogP contribution is 2.26. The topological polar surface area (TPSA) is 103 Å². The van der Waals surface area contributed by atoms with Crippen LogP contribution in [0.25, 0.3) is 17.4 Å². The lowest BCUT2D eigenvalue weighted by Gasteiger charge is -2.18. The minimum atomic E-state index is -1.11. The van der Waals surface area contributed by atoms with Crippen LogP contribution in [0.2, 0.25) is 0 Å². The number of hydrogen-bond acceptors (Lipinski definition) is 4. The Hall–Kier alpha value is -3.84. The number of benzene rings is 2. The van der Waals surface area contributed by atoms with E-state index in [4.69, 9.17) is 9.52 Å². The predicted octanol–water partition coefficient (Wildman–Crippen LogP) is 3.53. The van der Waals surface area contributed by atoms with Crippen molar-refractivity contribution in [3.63, 3.8) is 0 Å². The van der Waals surface area contributed by atoms with Crippen LogP contribution < -0.4 is 5.32 Å². The van der Waals surface area contributed by atoms with Gasteiger partial charge in [0.15, 0.2) is 6.23 Å². The lowest BCUT2D eigenvalue weighted by Crippen LogP contribution is -2.33. The first-order chi connectivity index (χ1) is 14.0. The van der Waals surface area contributed by atoms with Gasteiger partial charge in [-0.15, -0.1) is 0 Å². The van der Waals surface area contributed by atoms with Crippen molar-refractivity contribution in [3.05, 3.63) is 89.3 Å². The molecule has 3 aromatic rings. The van der Waals surface area contributed by atoms with Gasteiger partial charge in [-0.25, -0.2) is 9.59 Å². The summed E-state index contributed by atoms with van der Waals surface area (Å²) in [6, 6.07) is 18.8. The molecule has 4 rings (SSSR count). The molecule has 3 N–H and O–H groups in total. The van der Waals surface area contributed by atoms with Gasteiger partial charge >= 0.3 is 12.0 Å². The number of urea groups is 1. The van der Waals surface area contributed by atoms with Gasteiger partial charge in [0.25, 0.3) is 0 Å². The minimum Gasteiger partial charge on any atom is -0.478 e. The summed E-state index contributed by atoms with van der Waals surface area (Å²) in [7, 11) is 0. The van der Waals surface area contributed by atoms with E-state index < -0.39 is 12.2 Å². The highest BCUT2D eigenvalue weighted by molar-refractivity contribution is 5.88. The van der Waals surface area contributed by atoms with Crippen molar-refractivity contribution in [1.29, 1.82) is 0 Å². The summed E-state index contributed by atoms with van der Waals surface area (Å²) in [5.41, 5.74) is 2.15. The number of carboxylic acids is 1. The van der Waals surface area contributed by atoms with Crippen LogP contribution >= 0.6 is 0 Å². The van der Waals surface area contributed by atoms with Gasteiger partial charge in [-0.3, -0.25) is 4.90 Å². The van der Waals surface area contributed by atoms with Crippen molar-refractivity contribution in [1.82, 2.24) is 10.2 Å². The van der Waals surface area contributed by atoms with Crippen LogP contribution in [-0.4, -0.2) is 33.3 Å². The number of hydrogen-bond donors (Lipinski definition) is 3. The number of aliphatic hydroxyl groups excluding tert-OH is 1. The van der Waals surface area contributed by atoms with Gasteiger partial charge in [0.2, 0.25) is 0 Å². The summed E-state index contributed by atoms with van der Waals surface area (Å²) in [6.45, 7) is 0.282. The molecule has 0 spiro atoms. The highest BCUT2D eigenvalue weighted by Gasteiger charge is 2.33. The van der Waals surface area contributed by atoms with Crippen LogP contribution in [0, 0.1) is 0 Å². The van der Waals surface area contributed by atoms with Crippen molar-refractivity contribution >= 4 is 18.1 Å². The summed E-state index contributed by atoms with van der Waals surface area (Å²) in [5, 5.41) is 22.2. The van der Waals surface area contributed by atoms with Gasteiger partial charge < -0.3 is 19.9 Å². The van der Waals surface area contributed by atoms with E-state index in [-0.39, 0.29) is 18.1 Å². The average molecular weight is 390 g/mol. The van der Waals surface area contributed by atoms with E-state index in [1.165, 1.54) is 17.0 Å². The van der Waals surface area contributed by atoms with Crippen LogP contribution in [0.3, 0.4) is 0 Å². The number of aliphatic hydroxyl groups is 1. The number of furan rings is 1. The van der Waals surface area contributed by atoms with Crippen LogP contribution in [-0.2, 0) is 6.54 Å². The molecule has 1 atom stereocenters. The maximum atomic E-state index is 12.2. The summed E-state index contributed by atoms with van der Waals surface area (Å²) in [4.78, 5) is 24.5. The van der Waals surface area contributed by atoms with Crippen LogP contribution in [0.15, 0.2) is 76.8 Å². The Labute approximate surface area is 166 Å². The molecule has 7 heteroatoms. The quantitative estimate of drug-likeness (QED) is 0.618. The van der Waals surface area contributed by atoms with E-state index >= 15 is 0 Å². The van der Waals surface area contributed by atoms with E-state index in [9.17, 15) is 14.7 Å². The molecule has 1 fully saturated rings. The maximum absolute atomic E-state index is 12.2. The first-order valence-electron chi connectivity index (χ1n) is 8.96. The lowest BCUT2D eigenvalue weighted by atomic mass is 10.1. The molecular weight excluding hydrogens is 372 g/mol. The summed E-state index contributed by atoms with van der Waals surface area (Å²) in [6.07, 6.45) is 0.467. The summed E-state index contributed by atoms with van der Waals surface area (Å²) in [5.74, 6) is 0.0133. The zero-order valence-corrected chi connectivity index (χ0v) is 15.3. The number of nitrogens with one attached hydrogen (secondary N) is 1.